The van der Waals surface area contributed by atoms with E-state index in [1.807, 2.05) is 55.6 Å². The summed E-state index contributed by atoms with van der Waals surface area (Å²) in [6, 6.07) is 11.7. The Labute approximate surface area is 231 Å². The van der Waals surface area contributed by atoms with Gasteiger partial charge in [-0.3, -0.25) is 9.69 Å². The molecule has 2 aromatic carbocycles. The standard InChI is InChI=1S/C28H32N6O4S/c1-3-37-23-15-20-21(16-24(23)38-4-2)31-25(8-9-34-10-12-36-13-11-34)33-27(20)30-19-7-5-6-18(14-19)22-17-39-28(32-22)26(29)35/h5-7,14-17H,3-4,8-13H2,1-2H3,(H2,29,35)(H,30,31,33). The highest BCUT2D eigenvalue weighted by Crippen LogP contribution is 2.36. The van der Waals surface area contributed by atoms with Gasteiger partial charge in [-0.1, -0.05) is 12.1 Å². The normalized spacial score (nSPS) is 13.9. The predicted molar refractivity (Wildman–Crippen MR) is 152 cm³/mol. The summed E-state index contributed by atoms with van der Waals surface area (Å²) in [5, 5.41) is 6.42. The fourth-order valence-electron chi connectivity index (χ4n) is 4.42. The van der Waals surface area contributed by atoms with Crippen LogP contribution in [-0.4, -0.2) is 71.8 Å². The Bertz CT molecular complexity index is 1450. The van der Waals surface area contributed by atoms with E-state index in [0.717, 1.165) is 60.8 Å². The number of rotatable bonds is 11. The van der Waals surface area contributed by atoms with Gasteiger partial charge in [0.15, 0.2) is 16.5 Å². The maximum absolute atomic E-state index is 11.5. The Hall–Kier alpha value is -3.80. The Kier molecular flexibility index (Phi) is 8.50. The molecule has 0 saturated carbocycles. The summed E-state index contributed by atoms with van der Waals surface area (Å²) in [6.07, 6.45) is 0.705. The Morgan fingerprint density at radius 2 is 1.85 bits per heavy atom. The molecule has 1 saturated heterocycles. The SMILES string of the molecule is CCOc1cc2nc(CCN3CCOCC3)nc(Nc3cccc(-c4csc(C(N)=O)n4)c3)c2cc1OCC. The van der Waals surface area contributed by atoms with Crippen LogP contribution < -0.4 is 20.5 Å². The maximum atomic E-state index is 11.5. The zero-order valence-corrected chi connectivity index (χ0v) is 22.9. The molecule has 1 aliphatic rings. The molecular formula is C28H32N6O4S. The monoisotopic (exact) mass is 548 g/mol. The van der Waals surface area contributed by atoms with Crippen molar-refractivity contribution in [3.8, 4) is 22.8 Å². The molecule has 3 heterocycles. The molecule has 0 spiro atoms. The molecule has 3 N–H and O–H groups in total. The fourth-order valence-corrected chi connectivity index (χ4v) is 5.10. The third kappa shape index (κ3) is 6.44. The molecule has 4 aromatic rings. The van der Waals surface area contributed by atoms with Crippen LogP contribution in [0.3, 0.4) is 0 Å². The lowest BCUT2D eigenvalue weighted by Crippen LogP contribution is -2.37. The molecule has 11 heteroatoms. The average molecular weight is 549 g/mol. The van der Waals surface area contributed by atoms with E-state index < -0.39 is 5.91 Å². The highest BCUT2D eigenvalue weighted by Gasteiger charge is 2.17. The van der Waals surface area contributed by atoms with E-state index in [2.05, 4.69) is 15.2 Å². The van der Waals surface area contributed by atoms with Gasteiger partial charge in [0, 0.05) is 54.1 Å². The number of nitrogens with two attached hydrogens (primary N) is 1. The Balaban J connectivity index is 1.51. The zero-order valence-electron chi connectivity index (χ0n) is 22.1. The first-order valence-electron chi connectivity index (χ1n) is 13.1. The number of hydrogen-bond acceptors (Lipinski definition) is 10. The summed E-state index contributed by atoms with van der Waals surface area (Å²) < 4.78 is 17.2. The van der Waals surface area contributed by atoms with E-state index in [1.165, 1.54) is 11.3 Å². The highest BCUT2D eigenvalue weighted by molar-refractivity contribution is 7.12. The van der Waals surface area contributed by atoms with Crippen molar-refractivity contribution in [3.63, 3.8) is 0 Å². The molecule has 1 aliphatic heterocycles. The number of hydrogen-bond donors (Lipinski definition) is 2. The van der Waals surface area contributed by atoms with Gasteiger partial charge in [0.2, 0.25) is 0 Å². The van der Waals surface area contributed by atoms with Crippen molar-refractivity contribution in [2.75, 3.05) is 51.4 Å². The predicted octanol–water partition coefficient (Wildman–Crippen LogP) is 4.27. The number of amides is 1. The number of ether oxygens (including phenoxy) is 3. The minimum Gasteiger partial charge on any atom is -0.490 e. The van der Waals surface area contributed by atoms with E-state index in [0.29, 0.717) is 42.6 Å². The first kappa shape index (κ1) is 26.8. The van der Waals surface area contributed by atoms with E-state index in [4.69, 9.17) is 29.9 Å². The van der Waals surface area contributed by atoms with Gasteiger partial charge in [-0.2, -0.15) is 0 Å². The van der Waals surface area contributed by atoms with Crippen molar-refractivity contribution in [1.82, 2.24) is 19.9 Å². The summed E-state index contributed by atoms with van der Waals surface area (Å²) >= 11 is 1.23. The van der Waals surface area contributed by atoms with Crippen molar-refractivity contribution in [2.45, 2.75) is 20.3 Å². The number of carbonyl (C=O) groups is 1. The smallest absolute Gasteiger partial charge is 0.277 e. The number of aromatic nitrogens is 3. The van der Waals surface area contributed by atoms with Crippen molar-refractivity contribution in [2.24, 2.45) is 5.73 Å². The van der Waals surface area contributed by atoms with Crippen LogP contribution in [0.15, 0.2) is 41.8 Å². The van der Waals surface area contributed by atoms with Gasteiger partial charge >= 0.3 is 0 Å². The minimum absolute atomic E-state index is 0.281. The number of carbonyl (C=O) groups excluding carboxylic acids is 1. The Morgan fingerprint density at radius 1 is 1.08 bits per heavy atom. The Morgan fingerprint density at radius 3 is 2.56 bits per heavy atom. The second-order valence-electron chi connectivity index (χ2n) is 8.98. The molecule has 39 heavy (non-hydrogen) atoms. The van der Waals surface area contributed by atoms with E-state index in [-0.39, 0.29) is 5.01 Å². The molecule has 0 radical (unpaired) electrons. The lowest BCUT2D eigenvalue weighted by molar-refractivity contribution is 0.0382. The lowest BCUT2D eigenvalue weighted by atomic mass is 10.1. The summed E-state index contributed by atoms with van der Waals surface area (Å²) in [7, 11) is 0. The molecule has 10 nitrogen and oxygen atoms in total. The molecule has 0 bridgehead atoms. The van der Waals surface area contributed by atoms with Gasteiger partial charge in [0.05, 0.1) is 37.6 Å². The summed E-state index contributed by atoms with van der Waals surface area (Å²) in [6.45, 7) is 9.09. The number of anilines is 2. The summed E-state index contributed by atoms with van der Waals surface area (Å²) in [5.74, 6) is 2.19. The molecule has 1 amide bonds. The van der Waals surface area contributed by atoms with Gasteiger partial charge in [-0.25, -0.2) is 15.0 Å². The average Bonchev–Trinajstić information content (AvgIpc) is 3.45. The molecule has 5 rings (SSSR count). The van der Waals surface area contributed by atoms with Crippen LogP contribution in [0.1, 0.15) is 29.5 Å². The number of nitrogens with one attached hydrogen (secondary N) is 1. The van der Waals surface area contributed by atoms with Crippen LogP contribution >= 0.6 is 11.3 Å². The van der Waals surface area contributed by atoms with Crippen LogP contribution in [0.5, 0.6) is 11.5 Å². The third-order valence-corrected chi connectivity index (χ3v) is 7.16. The van der Waals surface area contributed by atoms with Crippen molar-refractivity contribution in [1.29, 1.82) is 0 Å². The summed E-state index contributed by atoms with van der Waals surface area (Å²) in [5.41, 5.74) is 8.55. The molecular weight excluding hydrogens is 516 g/mol. The van der Waals surface area contributed by atoms with Crippen LogP contribution in [0.25, 0.3) is 22.2 Å². The van der Waals surface area contributed by atoms with Gasteiger partial charge < -0.3 is 25.3 Å². The second kappa shape index (κ2) is 12.4. The number of morpholine rings is 1. The van der Waals surface area contributed by atoms with E-state index >= 15 is 0 Å². The second-order valence-corrected chi connectivity index (χ2v) is 9.84. The maximum Gasteiger partial charge on any atom is 0.277 e. The van der Waals surface area contributed by atoms with Crippen LogP contribution in [0.4, 0.5) is 11.5 Å². The minimum atomic E-state index is -0.533. The molecule has 2 aromatic heterocycles. The largest absolute Gasteiger partial charge is 0.490 e. The quantitative estimate of drug-likeness (QED) is 0.283. The molecule has 0 atom stereocenters. The van der Waals surface area contributed by atoms with Crippen molar-refractivity contribution in [3.05, 3.63) is 52.6 Å². The lowest BCUT2D eigenvalue weighted by Gasteiger charge is -2.26. The summed E-state index contributed by atoms with van der Waals surface area (Å²) in [4.78, 5) is 28.1. The van der Waals surface area contributed by atoms with Gasteiger partial charge in [0.25, 0.3) is 5.91 Å². The van der Waals surface area contributed by atoms with Gasteiger partial charge in [-0.05, 0) is 32.0 Å². The highest BCUT2D eigenvalue weighted by atomic mass is 32.1. The topological polar surface area (TPSA) is 125 Å². The fraction of sp³-hybridized carbons (Fsp3) is 0.357. The molecule has 0 aliphatic carbocycles. The number of nitrogens with zero attached hydrogens (tertiary/aromatic N) is 4. The number of fused-ring (bicyclic) bond motifs is 1. The van der Waals surface area contributed by atoms with Gasteiger partial charge in [-0.15, -0.1) is 11.3 Å². The van der Waals surface area contributed by atoms with Crippen LogP contribution in [-0.2, 0) is 11.2 Å². The number of benzene rings is 2. The van der Waals surface area contributed by atoms with E-state index in [1.54, 1.807) is 0 Å². The molecule has 1 fully saturated rings. The van der Waals surface area contributed by atoms with Crippen LogP contribution in [0.2, 0.25) is 0 Å². The van der Waals surface area contributed by atoms with Crippen LogP contribution in [0, 0.1) is 0 Å². The van der Waals surface area contributed by atoms with Crippen molar-refractivity contribution < 1.29 is 19.0 Å². The van der Waals surface area contributed by atoms with Gasteiger partial charge in [0.1, 0.15) is 11.6 Å². The third-order valence-electron chi connectivity index (χ3n) is 6.30. The number of primary amides is 1. The molecule has 204 valence electrons. The first-order chi connectivity index (χ1) is 19.0. The zero-order chi connectivity index (χ0) is 27.2. The van der Waals surface area contributed by atoms with E-state index in [9.17, 15) is 4.79 Å². The number of thiazole rings is 1. The first-order valence-corrected chi connectivity index (χ1v) is 13.9. The molecule has 0 unspecified atom stereocenters. The van der Waals surface area contributed by atoms with Crippen molar-refractivity contribution >= 4 is 39.7 Å².